The maximum atomic E-state index is 9.69. The van der Waals surface area contributed by atoms with Gasteiger partial charge in [-0.25, -0.2) is 0 Å². The van der Waals surface area contributed by atoms with Gasteiger partial charge in [0.05, 0.1) is 6.61 Å². The number of likely N-dealkylation sites (tertiary alicyclic amines) is 1. The number of aliphatic hydroxyl groups excluding tert-OH is 1. The van der Waals surface area contributed by atoms with E-state index in [0.29, 0.717) is 18.1 Å². The van der Waals surface area contributed by atoms with E-state index in [1.165, 1.54) is 50.6 Å². The molecule has 0 amide bonds. The second kappa shape index (κ2) is 5.64. The lowest BCUT2D eigenvalue weighted by molar-refractivity contribution is 0.150. The lowest BCUT2D eigenvalue weighted by atomic mass is 9.73. The number of aliphatic hydroxyl groups is 1. The fourth-order valence-electron chi connectivity index (χ4n) is 4.10. The minimum absolute atomic E-state index is 0.314. The van der Waals surface area contributed by atoms with Gasteiger partial charge in [0.1, 0.15) is 0 Å². The highest BCUT2D eigenvalue weighted by Gasteiger charge is 2.43. The van der Waals surface area contributed by atoms with E-state index in [1.807, 2.05) is 0 Å². The molecule has 104 valence electrons. The summed E-state index contributed by atoms with van der Waals surface area (Å²) in [6, 6.07) is 11.0. The second-order valence-electron chi connectivity index (χ2n) is 6.49. The summed E-state index contributed by atoms with van der Waals surface area (Å²) in [6.45, 7) is 2.50. The minimum atomic E-state index is 0.314. The third-order valence-electron chi connectivity index (χ3n) is 5.08. The molecule has 2 fully saturated rings. The Morgan fingerprint density at radius 2 is 1.84 bits per heavy atom. The van der Waals surface area contributed by atoms with Crippen molar-refractivity contribution in [3.8, 4) is 0 Å². The fourth-order valence-corrected chi connectivity index (χ4v) is 4.10. The van der Waals surface area contributed by atoms with Gasteiger partial charge in [-0.3, -0.25) is 4.90 Å². The first-order valence-electron chi connectivity index (χ1n) is 7.70. The molecule has 1 atom stereocenters. The summed E-state index contributed by atoms with van der Waals surface area (Å²) in [5.74, 6) is 0. The lowest BCUT2D eigenvalue weighted by Crippen LogP contribution is -2.32. The fraction of sp³-hybridized carbons (Fsp3) is 0.647. The van der Waals surface area contributed by atoms with E-state index in [1.54, 1.807) is 0 Å². The van der Waals surface area contributed by atoms with Crippen molar-refractivity contribution in [2.24, 2.45) is 5.41 Å². The van der Waals surface area contributed by atoms with Crippen molar-refractivity contribution in [1.29, 1.82) is 0 Å². The van der Waals surface area contributed by atoms with Crippen LogP contribution in [0.15, 0.2) is 30.3 Å². The highest BCUT2D eigenvalue weighted by Crippen LogP contribution is 2.46. The summed E-state index contributed by atoms with van der Waals surface area (Å²) >= 11 is 0. The molecule has 1 heterocycles. The molecule has 0 bridgehead atoms. The second-order valence-corrected chi connectivity index (χ2v) is 6.49. The van der Waals surface area contributed by atoms with Crippen molar-refractivity contribution < 1.29 is 5.11 Å². The molecule has 3 rings (SSSR count). The SMILES string of the molecule is OC[C@@H]1CC2(CCCCC2)CN1Cc1ccccc1. The van der Waals surface area contributed by atoms with Gasteiger partial charge in [0.15, 0.2) is 0 Å². The Balaban J connectivity index is 1.70. The van der Waals surface area contributed by atoms with Gasteiger partial charge in [-0.05, 0) is 30.2 Å². The van der Waals surface area contributed by atoms with Crippen molar-refractivity contribution >= 4 is 0 Å². The van der Waals surface area contributed by atoms with E-state index in [-0.39, 0.29) is 0 Å². The summed E-state index contributed by atoms with van der Waals surface area (Å²) in [7, 11) is 0. The summed E-state index contributed by atoms with van der Waals surface area (Å²) in [6.07, 6.45) is 8.12. The van der Waals surface area contributed by atoms with Crippen LogP contribution in [0, 0.1) is 5.41 Å². The van der Waals surface area contributed by atoms with Crippen LogP contribution in [0.3, 0.4) is 0 Å². The van der Waals surface area contributed by atoms with Gasteiger partial charge in [-0.2, -0.15) is 0 Å². The Hall–Kier alpha value is -0.860. The molecule has 2 aliphatic rings. The molecule has 0 unspecified atom stereocenters. The van der Waals surface area contributed by atoms with Crippen LogP contribution in [-0.4, -0.2) is 29.2 Å². The van der Waals surface area contributed by atoms with Gasteiger partial charge in [-0.15, -0.1) is 0 Å². The molecule has 2 nitrogen and oxygen atoms in total. The minimum Gasteiger partial charge on any atom is -0.395 e. The number of hydrogen-bond donors (Lipinski definition) is 1. The standard InChI is InChI=1S/C17H25NO/c19-13-16-11-17(9-5-2-6-10-17)14-18(16)12-15-7-3-1-4-8-15/h1,3-4,7-8,16,19H,2,5-6,9-14H2/t16-/m0/s1. The average molecular weight is 259 g/mol. The Morgan fingerprint density at radius 3 is 2.53 bits per heavy atom. The van der Waals surface area contributed by atoms with Crippen LogP contribution in [0.25, 0.3) is 0 Å². The largest absolute Gasteiger partial charge is 0.395 e. The Kier molecular flexibility index (Phi) is 3.90. The smallest absolute Gasteiger partial charge is 0.0587 e. The predicted octanol–water partition coefficient (Wildman–Crippen LogP) is 3.20. The molecule has 1 saturated carbocycles. The maximum absolute atomic E-state index is 9.69. The molecule has 2 heteroatoms. The molecule has 1 spiro atoms. The summed E-state index contributed by atoms with van der Waals surface area (Å²) in [4.78, 5) is 2.51. The molecule has 1 aromatic rings. The molecular formula is C17H25NO. The molecule has 1 aliphatic heterocycles. The van der Waals surface area contributed by atoms with Gasteiger partial charge < -0.3 is 5.11 Å². The Labute approximate surface area is 116 Å². The topological polar surface area (TPSA) is 23.5 Å². The predicted molar refractivity (Wildman–Crippen MR) is 77.9 cm³/mol. The highest BCUT2D eigenvalue weighted by molar-refractivity contribution is 5.15. The summed E-state index contributed by atoms with van der Waals surface area (Å²) < 4.78 is 0. The number of hydrogen-bond acceptors (Lipinski definition) is 2. The van der Waals surface area contributed by atoms with E-state index in [9.17, 15) is 5.11 Å². The first-order valence-corrected chi connectivity index (χ1v) is 7.70. The summed E-state index contributed by atoms with van der Waals surface area (Å²) in [5, 5.41) is 9.69. The van der Waals surface area contributed by atoms with Gasteiger partial charge >= 0.3 is 0 Å². The van der Waals surface area contributed by atoms with Crippen LogP contribution < -0.4 is 0 Å². The first kappa shape index (κ1) is 13.1. The normalized spacial score (nSPS) is 26.9. The zero-order valence-corrected chi connectivity index (χ0v) is 11.7. The molecule has 1 N–H and O–H groups in total. The zero-order valence-electron chi connectivity index (χ0n) is 11.7. The number of rotatable bonds is 3. The van der Waals surface area contributed by atoms with Crippen LogP contribution >= 0.6 is 0 Å². The maximum Gasteiger partial charge on any atom is 0.0587 e. The van der Waals surface area contributed by atoms with E-state index in [0.717, 1.165) is 6.54 Å². The zero-order chi connectivity index (χ0) is 13.1. The third-order valence-corrected chi connectivity index (χ3v) is 5.08. The first-order chi connectivity index (χ1) is 9.31. The van der Waals surface area contributed by atoms with Gasteiger partial charge in [0.2, 0.25) is 0 Å². The van der Waals surface area contributed by atoms with Crippen LogP contribution in [0.2, 0.25) is 0 Å². The molecule has 1 saturated heterocycles. The Morgan fingerprint density at radius 1 is 1.11 bits per heavy atom. The van der Waals surface area contributed by atoms with Crippen LogP contribution in [0.5, 0.6) is 0 Å². The third kappa shape index (κ3) is 2.85. The molecule has 0 aromatic heterocycles. The molecule has 1 aromatic carbocycles. The quantitative estimate of drug-likeness (QED) is 0.901. The van der Waals surface area contributed by atoms with Crippen molar-refractivity contribution in [2.75, 3.05) is 13.2 Å². The number of benzene rings is 1. The molecule has 0 radical (unpaired) electrons. The van der Waals surface area contributed by atoms with E-state index in [4.69, 9.17) is 0 Å². The summed E-state index contributed by atoms with van der Waals surface area (Å²) in [5.41, 5.74) is 1.88. The molecule has 19 heavy (non-hydrogen) atoms. The van der Waals surface area contributed by atoms with Crippen LogP contribution in [-0.2, 0) is 6.54 Å². The van der Waals surface area contributed by atoms with Crippen LogP contribution in [0.4, 0.5) is 0 Å². The van der Waals surface area contributed by atoms with Crippen molar-refractivity contribution in [3.05, 3.63) is 35.9 Å². The monoisotopic (exact) mass is 259 g/mol. The van der Waals surface area contributed by atoms with Gasteiger partial charge in [0.25, 0.3) is 0 Å². The van der Waals surface area contributed by atoms with E-state index >= 15 is 0 Å². The van der Waals surface area contributed by atoms with Gasteiger partial charge in [-0.1, -0.05) is 49.6 Å². The van der Waals surface area contributed by atoms with E-state index < -0.39 is 0 Å². The van der Waals surface area contributed by atoms with Gasteiger partial charge in [0, 0.05) is 19.1 Å². The number of nitrogens with zero attached hydrogens (tertiary/aromatic N) is 1. The van der Waals surface area contributed by atoms with Crippen LogP contribution in [0.1, 0.15) is 44.1 Å². The van der Waals surface area contributed by atoms with Crippen molar-refractivity contribution in [3.63, 3.8) is 0 Å². The lowest BCUT2D eigenvalue weighted by Gasteiger charge is -2.33. The highest BCUT2D eigenvalue weighted by atomic mass is 16.3. The van der Waals surface area contributed by atoms with Crippen molar-refractivity contribution in [2.45, 2.75) is 51.1 Å². The van der Waals surface area contributed by atoms with Crippen molar-refractivity contribution in [1.82, 2.24) is 4.90 Å². The average Bonchev–Trinajstić information content (AvgIpc) is 2.78. The molecule has 1 aliphatic carbocycles. The Bertz CT molecular complexity index is 397. The van der Waals surface area contributed by atoms with E-state index in [2.05, 4.69) is 35.2 Å². The molecular weight excluding hydrogens is 234 g/mol.